The summed E-state index contributed by atoms with van der Waals surface area (Å²) in [6.07, 6.45) is -2.14. The Hall–Kier alpha value is -3.93. The third kappa shape index (κ3) is 4.86. The minimum absolute atomic E-state index is 0.0873. The highest BCUT2D eigenvalue weighted by Gasteiger charge is 2.34. The Bertz CT molecular complexity index is 1250. The first-order valence-electron chi connectivity index (χ1n) is 8.93. The van der Waals surface area contributed by atoms with Gasteiger partial charge in [0.1, 0.15) is 18.5 Å². The number of hydrogen-bond acceptors (Lipinski definition) is 7. The van der Waals surface area contributed by atoms with Gasteiger partial charge in [0.2, 0.25) is 5.95 Å². The highest BCUT2D eigenvalue weighted by atomic mass is 32.1. The normalized spacial score (nSPS) is 11.2. The van der Waals surface area contributed by atoms with Crippen molar-refractivity contribution in [3.63, 3.8) is 0 Å². The number of halogens is 4. The summed E-state index contributed by atoms with van der Waals surface area (Å²) < 4.78 is 52.3. The summed E-state index contributed by atoms with van der Waals surface area (Å²) in [6, 6.07) is 9.08. The van der Waals surface area contributed by atoms with E-state index in [1.807, 2.05) is 0 Å². The lowest BCUT2D eigenvalue weighted by atomic mass is 10.1. The number of rotatable bonds is 5. The summed E-state index contributed by atoms with van der Waals surface area (Å²) in [5, 5.41) is 7.21. The molecule has 7 nitrogen and oxygen atoms in total. The number of anilines is 3. The van der Waals surface area contributed by atoms with Gasteiger partial charge < -0.3 is 5.32 Å². The van der Waals surface area contributed by atoms with Gasteiger partial charge >= 0.3 is 6.18 Å². The van der Waals surface area contributed by atoms with Gasteiger partial charge in [-0.3, -0.25) is 10.1 Å². The minimum Gasteiger partial charge on any atom is -0.324 e. The Labute approximate surface area is 182 Å². The molecule has 0 fully saturated rings. The summed E-state index contributed by atoms with van der Waals surface area (Å²) >= 11 is 1.04. The minimum atomic E-state index is -4.82. The lowest BCUT2D eigenvalue weighted by Crippen LogP contribution is -2.11. The van der Waals surface area contributed by atoms with Crippen molar-refractivity contribution in [1.82, 2.24) is 19.9 Å². The van der Waals surface area contributed by atoms with E-state index < -0.39 is 23.5 Å². The Kier molecular flexibility index (Phi) is 5.77. The number of carbonyl (C=O) groups excluding carboxylic acids is 1. The zero-order valence-electron chi connectivity index (χ0n) is 15.9. The average molecular weight is 460 g/mol. The van der Waals surface area contributed by atoms with Crippen LogP contribution in [0.3, 0.4) is 0 Å². The van der Waals surface area contributed by atoms with Crippen LogP contribution in [-0.4, -0.2) is 25.8 Å². The molecule has 4 rings (SSSR count). The van der Waals surface area contributed by atoms with Crippen LogP contribution >= 0.6 is 11.3 Å². The molecule has 0 aliphatic carbocycles. The van der Waals surface area contributed by atoms with Gasteiger partial charge in [0, 0.05) is 22.2 Å². The van der Waals surface area contributed by atoms with Crippen LogP contribution in [0.25, 0.3) is 11.3 Å². The van der Waals surface area contributed by atoms with E-state index in [1.165, 1.54) is 24.1 Å². The Morgan fingerprint density at radius 3 is 2.41 bits per heavy atom. The van der Waals surface area contributed by atoms with Crippen molar-refractivity contribution < 1.29 is 22.4 Å². The molecule has 32 heavy (non-hydrogen) atoms. The van der Waals surface area contributed by atoms with Crippen molar-refractivity contribution in [3.05, 3.63) is 77.4 Å². The van der Waals surface area contributed by atoms with Crippen LogP contribution in [0.5, 0.6) is 0 Å². The number of hydrogen-bond donors (Lipinski definition) is 2. The zero-order chi connectivity index (χ0) is 22.7. The number of thiazole rings is 1. The third-order valence-electron chi connectivity index (χ3n) is 4.19. The maximum absolute atomic E-state index is 13.5. The molecule has 2 heterocycles. The monoisotopic (exact) mass is 460 g/mol. The lowest BCUT2D eigenvalue weighted by Gasteiger charge is -2.09. The van der Waals surface area contributed by atoms with Crippen molar-refractivity contribution in [2.24, 2.45) is 0 Å². The highest BCUT2D eigenvalue weighted by molar-refractivity contribution is 7.14. The molecule has 12 heteroatoms. The fourth-order valence-electron chi connectivity index (χ4n) is 2.67. The topological polar surface area (TPSA) is 92.7 Å². The van der Waals surface area contributed by atoms with E-state index >= 15 is 0 Å². The standard InChI is InChI=1S/C20H12F4N6OS/c21-15-6-3-12(7-14(15)20(22,23)24)16-8-32-19(29-16)30-17(31)11-1-4-13(5-2-11)28-18-26-9-25-10-27-18/h1-10H,(H,29,30,31)(H,25,26,27,28). The average Bonchev–Trinajstić information content (AvgIpc) is 3.23. The molecule has 0 aliphatic rings. The number of carbonyl (C=O) groups is 1. The molecule has 0 atom stereocenters. The van der Waals surface area contributed by atoms with E-state index in [2.05, 4.69) is 30.6 Å². The molecule has 0 bridgehead atoms. The first-order valence-corrected chi connectivity index (χ1v) is 9.80. The highest BCUT2D eigenvalue weighted by Crippen LogP contribution is 2.35. The number of nitrogens with one attached hydrogen (secondary N) is 2. The Balaban J connectivity index is 1.45. The SMILES string of the molecule is O=C(Nc1nc(-c2ccc(F)c(C(F)(F)F)c2)cs1)c1ccc(Nc2ncncn2)cc1. The van der Waals surface area contributed by atoms with Crippen molar-refractivity contribution in [3.8, 4) is 11.3 Å². The molecule has 0 radical (unpaired) electrons. The predicted molar refractivity (Wildman–Crippen MR) is 110 cm³/mol. The smallest absolute Gasteiger partial charge is 0.324 e. The van der Waals surface area contributed by atoms with Gasteiger partial charge in [-0.1, -0.05) is 0 Å². The molecule has 4 aromatic rings. The predicted octanol–water partition coefficient (Wildman–Crippen LogP) is 5.15. The molecule has 0 saturated heterocycles. The van der Waals surface area contributed by atoms with Crippen LogP contribution in [0, 0.1) is 5.82 Å². The van der Waals surface area contributed by atoms with E-state index in [0.29, 0.717) is 23.3 Å². The fraction of sp³-hybridized carbons (Fsp3) is 0.0500. The summed E-state index contributed by atoms with van der Waals surface area (Å²) in [6.45, 7) is 0. The third-order valence-corrected chi connectivity index (χ3v) is 4.95. The lowest BCUT2D eigenvalue weighted by molar-refractivity contribution is -0.139. The van der Waals surface area contributed by atoms with Gasteiger partial charge in [-0.15, -0.1) is 11.3 Å². The van der Waals surface area contributed by atoms with Crippen LogP contribution in [0.4, 0.5) is 34.3 Å². The van der Waals surface area contributed by atoms with Gasteiger partial charge in [0.15, 0.2) is 5.13 Å². The van der Waals surface area contributed by atoms with E-state index in [-0.39, 0.29) is 16.4 Å². The second-order valence-corrected chi connectivity index (χ2v) is 7.21. The van der Waals surface area contributed by atoms with Crippen LogP contribution in [0.15, 0.2) is 60.5 Å². The van der Waals surface area contributed by atoms with E-state index in [4.69, 9.17) is 0 Å². The molecule has 2 N–H and O–H groups in total. The number of benzene rings is 2. The molecule has 162 valence electrons. The largest absolute Gasteiger partial charge is 0.419 e. The van der Waals surface area contributed by atoms with Gasteiger partial charge in [-0.2, -0.15) is 13.2 Å². The summed E-state index contributed by atoms with van der Waals surface area (Å²) in [5.74, 6) is -1.46. The first-order chi connectivity index (χ1) is 15.3. The van der Waals surface area contributed by atoms with E-state index in [0.717, 1.165) is 17.4 Å². The van der Waals surface area contributed by atoms with E-state index in [1.54, 1.807) is 24.3 Å². The molecule has 2 aromatic carbocycles. The number of nitrogens with zero attached hydrogens (tertiary/aromatic N) is 4. The second-order valence-electron chi connectivity index (χ2n) is 6.35. The number of amides is 1. The van der Waals surface area contributed by atoms with Crippen LogP contribution in [0.1, 0.15) is 15.9 Å². The summed E-state index contributed by atoms with van der Waals surface area (Å²) in [4.78, 5) is 28.2. The maximum Gasteiger partial charge on any atom is 0.419 e. The van der Waals surface area contributed by atoms with Crippen molar-refractivity contribution in [2.45, 2.75) is 6.18 Å². The molecule has 0 saturated carbocycles. The van der Waals surface area contributed by atoms with Gasteiger partial charge in [0.25, 0.3) is 5.91 Å². The number of aromatic nitrogens is 4. The van der Waals surface area contributed by atoms with Crippen molar-refractivity contribution in [2.75, 3.05) is 10.6 Å². The summed E-state index contributed by atoms with van der Waals surface area (Å²) in [5.41, 5.74) is -0.110. The molecule has 2 aromatic heterocycles. The molecular weight excluding hydrogens is 448 g/mol. The Morgan fingerprint density at radius 2 is 1.72 bits per heavy atom. The molecular formula is C20H12F4N6OS. The number of alkyl halides is 3. The zero-order valence-corrected chi connectivity index (χ0v) is 16.7. The van der Waals surface area contributed by atoms with Crippen LogP contribution < -0.4 is 10.6 Å². The Morgan fingerprint density at radius 1 is 1.00 bits per heavy atom. The molecule has 0 unspecified atom stereocenters. The van der Waals surface area contributed by atoms with Gasteiger partial charge in [-0.25, -0.2) is 24.3 Å². The van der Waals surface area contributed by atoms with Gasteiger partial charge in [0.05, 0.1) is 11.3 Å². The van der Waals surface area contributed by atoms with Crippen LogP contribution in [0.2, 0.25) is 0 Å². The van der Waals surface area contributed by atoms with Crippen LogP contribution in [-0.2, 0) is 6.18 Å². The fourth-order valence-corrected chi connectivity index (χ4v) is 3.39. The molecule has 1 amide bonds. The second kappa shape index (κ2) is 8.67. The van der Waals surface area contributed by atoms with Gasteiger partial charge in [-0.05, 0) is 42.5 Å². The maximum atomic E-state index is 13.5. The summed E-state index contributed by atoms with van der Waals surface area (Å²) in [7, 11) is 0. The van der Waals surface area contributed by atoms with Crippen molar-refractivity contribution >= 4 is 34.0 Å². The first kappa shape index (κ1) is 21.3. The molecule has 0 spiro atoms. The molecule has 0 aliphatic heterocycles. The quantitative estimate of drug-likeness (QED) is 0.400. The van der Waals surface area contributed by atoms with E-state index in [9.17, 15) is 22.4 Å². The van der Waals surface area contributed by atoms with Crippen molar-refractivity contribution in [1.29, 1.82) is 0 Å².